The van der Waals surface area contributed by atoms with Gasteiger partial charge in [0, 0.05) is 12.7 Å². The van der Waals surface area contributed by atoms with E-state index in [0.717, 1.165) is 24.7 Å². The Kier molecular flexibility index (Phi) is 5.45. The van der Waals surface area contributed by atoms with E-state index in [9.17, 15) is 0 Å². The minimum Gasteiger partial charge on any atom is -0.311 e. The van der Waals surface area contributed by atoms with Crippen LogP contribution in [0.2, 0.25) is 0 Å². The Labute approximate surface area is 109 Å². The summed E-state index contributed by atoms with van der Waals surface area (Å²) in [5.41, 5.74) is 2.24. The molecule has 0 bridgehead atoms. The molecule has 2 aromatic rings. The maximum absolute atomic E-state index is 4.36. The van der Waals surface area contributed by atoms with Crippen LogP contribution in [0.4, 0.5) is 0 Å². The van der Waals surface area contributed by atoms with Crippen molar-refractivity contribution < 1.29 is 0 Å². The van der Waals surface area contributed by atoms with Crippen molar-refractivity contribution in [1.29, 1.82) is 0 Å². The summed E-state index contributed by atoms with van der Waals surface area (Å²) in [5.74, 6) is 0.759. The van der Waals surface area contributed by atoms with Gasteiger partial charge in [0.25, 0.3) is 0 Å². The van der Waals surface area contributed by atoms with Gasteiger partial charge in [-0.3, -0.25) is 0 Å². The first-order valence-electron chi connectivity index (χ1n) is 5.89. The fourth-order valence-electron chi connectivity index (χ4n) is 1.72. The number of fused-ring (bicyclic) bond motifs is 1. The van der Waals surface area contributed by atoms with Crippen molar-refractivity contribution in [1.82, 2.24) is 14.7 Å². The van der Waals surface area contributed by atoms with Crippen LogP contribution in [-0.2, 0) is 6.54 Å². The van der Waals surface area contributed by atoms with Gasteiger partial charge in [0.05, 0.1) is 11.9 Å². The van der Waals surface area contributed by atoms with E-state index >= 15 is 0 Å². The molecule has 0 unspecified atom stereocenters. The largest absolute Gasteiger partial charge is 0.311 e. The van der Waals surface area contributed by atoms with Crippen molar-refractivity contribution in [2.75, 3.05) is 6.54 Å². The zero-order chi connectivity index (χ0) is 11.4. The van der Waals surface area contributed by atoms with Crippen molar-refractivity contribution >= 4 is 18.1 Å². The van der Waals surface area contributed by atoms with Gasteiger partial charge in [-0.2, -0.15) is 0 Å². The van der Waals surface area contributed by atoms with Crippen LogP contribution >= 0.6 is 12.4 Å². The molecule has 2 heterocycles. The molecule has 4 heteroatoms. The van der Waals surface area contributed by atoms with E-state index in [-0.39, 0.29) is 12.4 Å². The Balaban J connectivity index is 0.00000144. The molecule has 0 aromatic carbocycles. The van der Waals surface area contributed by atoms with Gasteiger partial charge >= 0.3 is 0 Å². The molecule has 2 rings (SSSR count). The third-order valence-electron chi connectivity index (χ3n) is 2.70. The molecular weight excluding hydrogens is 234 g/mol. The minimum absolute atomic E-state index is 0. The molecular formula is C13H20ClN3. The maximum atomic E-state index is 4.36. The topological polar surface area (TPSA) is 29.3 Å². The predicted octanol–water partition coefficient (Wildman–Crippen LogP) is 2.89. The summed E-state index contributed by atoms with van der Waals surface area (Å²) in [6.07, 6.45) is 5.22. The van der Waals surface area contributed by atoms with Gasteiger partial charge in [0.2, 0.25) is 0 Å². The smallest absolute Gasteiger partial charge is 0.136 e. The van der Waals surface area contributed by atoms with Crippen molar-refractivity contribution in [3.8, 4) is 0 Å². The summed E-state index contributed by atoms with van der Waals surface area (Å²) in [6, 6.07) is 6.07. The number of hydrogen-bond donors (Lipinski definition) is 1. The first kappa shape index (κ1) is 14.0. The highest BCUT2D eigenvalue weighted by molar-refractivity contribution is 5.85. The second-order valence-electron chi connectivity index (χ2n) is 4.54. The van der Waals surface area contributed by atoms with E-state index in [0.29, 0.717) is 0 Å². The number of aromatic nitrogens is 2. The first-order chi connectivity index (χ1) is 7.77. The number of pyridine rings is 1. The van der Waals surface area contributed by atoms with Gasteiger partial charge in [-0.15, -0.1) is 12.4 Å². The van der Waals surface area contributed by atoms with E-state index in [1.807, 2.05) is 24.4 Å². The standard InChI is InChI=1S/C13H19N3.ClH/c1-11(2)6-7-14-9-12-10-15-13-5-3-4-8-16(12)13;/h3-5,8,10-11,14H,6-7,9H2,1-2H3;1H. The van der Waals surface area contributed by atoms with Crippen LogP contribution < -0.4 is 5.32 Å². The Morgan fingerprint density at radius 1 is 1.35 bits per heavy atom. The van der Waals surface area contributed by atoms with E-state index in [1.165, 1.54) is 12.1 Å². The average molecular weight is 254 g/mol. The SMILES string of the molecule is CC(C)CCNCc1cnc2ccccn12.Cl. The summed E-state index contributed by atoms with van der Waals surface area (Å²) in [6.45, 7) is 6.45. The molecule has 2 aromatic heterocycles. The lowest BCUT2D eigenvalue weighted by atomic mass is 10.1. The Bertz CT molecular complexity index is 451. The maximum Gasteiger partial charge on any atom is 0.136 e. The number of rotatable bonds is 5. The highest BCUT2D eigenvalue weighted by Crippen LogP contribution is 2.05. The summed E-state index contributed by atoms with van der Waals surface area (Å²) < 4.78 is 2.13. The van der Waals surface area contributed by atoms with Crippen LogP contribution in [0.15, 0.2) is 30.6 Å². The average Bonchev–Trinajstić information content (AvgIpc) is 2.68. The number of nitrogens with zero attached hydrogens (tertiary/aromatic N) is 2. The zero-order valence-electron chi connectivity index (χ0n) is 10.4. The molecule has 0 saturated heterocycles. The van der Waals surface area contributed by atoms with Gasteiger partial charge in [-0.25, -0.2) is 4.98 Å². The van der Waals surface area contributed by atoms with Crippen LogP contribution in [0, 0.1) is 5.92 Å². The summed E-state index contributed by atoms with van der Waals surface area (Å²) in [5, 5.41) is 3.45. The van der Waals surface area contributed by atoms with Crippen LogP contribution in [0.5, 0.6) is 0 Å². The van der Waals surface area contributed by atoms with Crippen molar-refractivity contribution in [3.05, 3.63) is 36.3 Å². The van der Waals surface area contributed by atoms with E-state index in [1.54, 1.807) is 0 Å². The van der Waals surface area contributed by atoms with E-state index < -0.39 is 0 Å². The molecule has 0 radical (unpaired) electrons. The quantitative estimate of drug-likeness (QED) is 0.831. The Hall–Kier alpha value is -1.06. The predicted molar refractivity (Wildman–Crippen MR) is 73.6 cm³/mol. The Morgan fingerprint density at radius 3 is 2.94 bits per heavy atom. The first-order valence-corrected chi connectivity index (χ1v) is 5.89. The molecule has 0 aliphatic carbocycles. The van der Waals surface area contributed by atoms with Gasteiger partial charge in [0.1, 0.15) is 5.65 Å². The molecule has 0 atom stereocenters. The molecule has 0 aliphatic heterocycles. The zero-order valence-corrected chi connectivity index (χ0v) is 11.2. The van der Waals surface area contributed by atoms with E-state index in [2.05, 4.69) is 34.7 Å². The third-order valence-corrected chi connectivity index (χ3v) is 2.70. The molecule has 0 saturated carbocycles. The fourth-order valence-corrected chi connectivity index (χ4v) is 1.72. The number of imidazole rings is 1. The highest BCUT2D eigenvalue weighted by Gasteiger charge is 2.01. The fraction of sp³-hybridized carbons (Fsp3) is 0.462. The summed E-state index contributed by atoms with van der Waals surface area (Å²) >= 11 is 0. The van der Waals surface area contributed by atoms with Gasteiger partial charge in [-0.05, 0) is 31.0 Å². The third kappa shape index (κ3) is 3.72. The molecule has 94 valence electrons. The molecule has 0 fully saturated rings. The van der Waals surface area contributed by atoms with Crippen molar-refractivity contribution in [3.63, 3.8) is 0 Å². The monoisotopic (exact) mass is 253 g/mol. The van der Waals surface area contributed by atoms with Crippen molar-refractivity contribution in [2.24, 2.45) is 5.92 Å². The lowest BCUT2D eigenvalue weighted by molar-refractivity contribution is 0.534. The molecule has 17 heavy (non-hydrogen) atoms. The van der Waals surface area contributed by atoms with Crippen molar-refractivity contribution in [2.45, 2.75) is 26.8 Å². The van der Waals surface area contributed by atoms with Crippen LogP contribution in [0.1, 0.15) is 26.0 Å². The molecule has 0 amide bonds. The minimum atomic E-state index is 0. The molecule has 0 aliphatic rings. The summed E-state index contributed by atoms with van der Waals surface area (Å²) in [7, 11) is 0. The summed E-state index contributed by atoms with van der Waals surface area (Å²) in [4.78, 5) is 4.36. The lowest BCUT2D eigenvalue weighted by Crippen LogP contribution is -2.17. The van der Waals surface area contributed by atoms with Gasteiger partial charge in [0.15, 0.2) is 0 Å². The highest BCUT2D eigenvalue weighted by atomic mass is 35.5. The van der Waals surface area contributed by atoms with Gasteiger partial charge in [-0.1, -0.05) is 19.9 Å². The van der Waals surface area contributed by atoms with Crippen LogP contribution in [-0.4, -0.2) is 15.9 Å². The molecule has 3 nitrogen and oxygen atoms in total. The number of halogens is 1. The molecule has 0 spiro atoms. The second kappa shape index (κ2) is 6.62. The van der Waals surface area contributed by atoms with Crippen LogP contribution in [0.25, 0.3) is 5.65 Å². The number of hydrogen-bond acceptors (Lipinski definition) is 2. The van der Waals surface area contributed by atoms with Crippen LogP contribution in [0.3, 0.4) is 0 Å². The lowest BCUT2D eigenvalue weighted by Gasteiger charge is -2.06. The molecule has 1 N–H and O–H groups in total. The number of nitrogens with one attached hydrogen (secondary N) is 1. The Morgan fingerprint density at radius 2 is 2.18 bits per heavy atom. The second-order valence-corrected chi connectivity index (χ2v) is 4.54. The van der Waals surface area contributed by atoms with E-state index in [4.69, 9.17) is 0 Å². The normalized spacial score (nSPS) is 10.8. The van der Waals surface area contributed by atoms with Gasteiger partial charge < -0.3 is 9.72 Å².